The van der Waals surface area contributed by atoms with Crippen LogP contribution in [0.15, 0.2) is 53.3 Å². The van der Waals surface area contributed by atoms with Gasteiger partial charge in [-0.05, 0) is 75.3 Å². The maximum Gasteiger partial charge on any atom is 0.348 e. The Morgan fingerprint density at radius 2 is 1.98 bits per heavy atom. The summed E-state index contributed by atoms with van der Waals surface area (Å²) in [5, 5.41) is 22.0. The number of nitrogens with zero attached hydrogens (tertiary/aromatic N) is 5. The summed E-state index contributed by atoms with van der Waals surface area (Å²) in [5.74, 6) is 0.246. The quantitative estimate of drug-likeness (QED) is 0.345. The number of anilines is 1. The van der Waals surface area contributed by atoms with E-state index in [1.807, 2.05) is 36.9 Å². The molecule has 41 heavy (non-hydrogen) atoms. The average molecular weight is 578 g/mol. The second-order valence-corrected chi connectivity index (χ2v) is 12.2. The van der Waals surface area contributed by atoms with Crippen LogP contribution in [0.4, 0.5) is 5.69 Å². The van der Waals surface area contributed by atoms with E-state index in [2.05, 4.69) is 11.9 Å². The number of carbonyl (C=O) groups is 2. The van der Waals surface area contributed by atoms with Crippen molar-refractivity contribution in [3.05, 3.63) is 68.9 Å². The molecule has 1 saturated carbocycles. The van der Waals surface area contributed by atoms with Crippen LogP contribution in [0.1, 0.15) is 67.9 Å². The Balaban J connectivity index is 1.33. The minimum Gasteiger partial charge on any atom is -0.477 e. The van der Waals surface area contributed by atoms with Crippen molar-refractivity contribution in [3.63, 3.8) is 0 Å². The van der Waals surface area contributed by atoms with Crippen molar-refractivity contribution < 1.29 is 24.5 Å². The van der Waals surface area contributed by atoms with E-state index in [0.29, 0.717) is 27.9 Å². The van der Waals surface area contributed by atoms with Gasteiger partial charge in [0.2, 0.25) is 11.7 Å². The molecule has 1 amide bonds. The summed E-state index contributed by atoms with van der Waals surface area (Å²) in [7, 11) is 0. The molecule has 1 aromatic carbocycles. The van der Waals surface area contributed by atoms with Gasteiger partial charge in [-0.1, -0.05) is 24.1 Å². The molecule has 0 spiro atoms. The minimum atomic E-state index is -1.07. The maximum absolute atomic E-state index is 13.7. The van der Waals surface area contributed by atoms with E-state index in [1.165, 1.54) is 6.20 Å². The van der Waals surface area contributed by atoms with Crippen LogP contribution in [0.2, 0.25) is 0 Å². The van der Waals surface area contributed by atoms with Crippen LogP contribution in [0.25, 0.3) is 10.4 Å². The van der Waals surface area contributed by atoms with Crippen molar-refractivity contribution in [1.29, 1.82) is 0 Å². The number of benzene rings is 1. The first-order chi connectivity index (χ1) is 19.6. The maximum atomic E-state index is 13.7. The summed E-state index contributed by atoms with van der Waals surface area (Å²) < 4.78 is 6.06. The first kappa shape index (κ1) is 27.0. The third kappa shape index (κ3) is 4.65. The van der Waals surface area contributed by atoms with Crippen LogP contribution in [0.3, 0.4) is 0 Å². The van der Waals surface area contributed by atoms with Crippen LogP contribution in [-0.4, -0.2) is 50.5 Å². The monoisotopic (exact) mass is 577 g/mol. The van der Waals surface area contributed by atoms with Crippen molar-refractivity contribution in [2.45, 2.75) is 58.7 Å². The number of allylic oxidation sites excluding steroid dienone is 2. The van der Waals surface area contributed by atoms with E-state index < -0.39 is 17.2 Å². The minimum absolute atomic E-state index is 0.0120. The van der Waals surface area contributed by atoms with Crippen molar-refractivity contribution in [1.82, 2.24) is 9.91 Å². The van der Waals surface area contributed by atoms with Gasteiger partial charge in [-0.3, -0.25) is 4.79 Å². The lowest BCUT2D eigenvalue weighted by molar-refractivity contribution is -0.614. The van der Waals surface area contributed by atoms with Crippen molar-refractivity contribution in [2.75, 3.05) is 11.6 Å². The molecule has 3 aliphatic heterocycles. The van der Waals surface area contributed by atoms with Crippen molar-refractivity contribution in [2.24, 2.45) is 16.8 Å². The molecule has 0 saturated heterocycles. The summed E-state index contributed by atoms with van der Waals surface area (Å²) in [6, 6.07) is 7.17. The van der Waals surface area contributed by atoms with Gasteiger partial charge in [0, 0.05) is 22.4 Å². The van der Waals surface area contributed by atoms with Crippen molar-refractivity contribution >= 4 is 34.7 Å². The third-order valence-electron chi connectivity index (χ3n) is 8.17. The molecule has 0 bridgehead atoms. The number of aliphatic imine (C=N–C) groups is 1. The van der Waals surface area contributed by atoms with Crippen molar-refractivity contribution in [3.8, 4) is 16.2 Å². The summed E-state index contributed by atoms with van der Waals surface area (Å²) in [4.78, 5) is 46.6. The lowest BCUT2D eigenvalue weighted by Gasteiger charge is -2.33. The molecular formula is C29H31N5O6S. The van der Waals surface area contributed by atoms with Crippen LogP contribution in [-0.2, 0) is 4.79 Å². The predicted molar refractivity (Wildman–Crippen MR) is 154 cm³/mol. The van der Waals surface area contributed by atoms with Gasteiger partial charge < -0.3 is 19.6 Å². The molecule has 214 valence electrons. The fourth-order valence-corrected chi connectivity index (χ4v) is 7.01. The fraction of sp³-hybridized carbons (Fsp3) is 0.414. The molecule has 0 radical (unpaired) electrons. The fourth-order valence-electron chi connectivity index (χ4n) is 6.03. The largest absolute Gasteiger partial charge is 0.477 e. The zero-order valence-electron chi connectivity index (χ0n) is 23.0. The zero-order valence-corrected chi connectivity index (χ0v) is 23.8. The van der Waals surface area contributed by atoms with E-state index in [9.17, 15) is 24.8 Å². The number of hydrogen-bond donors (Lipinski definition) is 1. The number of hydrazine groups is 1. The molecule has 1 aliphatic carbocycles. The highest BCUT2D eigenvalue weighted by Crippen LogP contribution is 2.46. The van der Waals surface area contributed by atoms with E-state index in [0.717, 1.165) is 53.2 Å². The normalized spacial score (nSPS) is 22.8. The van der Waals surface area contributed by atoms with E-state index >= 15 is 0 Å². The van der Waals surface area contributed by atoms with E-state index in [4.69, 9.17) is 4.74 Å². The Labute approximate surface area is 241 Å². The molecule has 1 aromatic heterocycles. The molecule has 4 aliphatic rings. The topological polar surface area (TPSA) is 129 Å². The van der Waals surface area contributed by atoms with Crippen LogP contribution in [0.5, 0.6) is 5.75 Å². The number of hydrogen-bond acceptors (Lipinski definition) is 8. The number of rotatable bonds is 6. The second-order valence-electron chi connectivity index (χ2n) is 11.2. The molecule has 11 nitrogen and oxygen atoms in total. The highest BCUT2D eigenvalue weighted by molar-refractivity contribution is 7.18. The number of ether oxygens (including phenoxy) is 1. The number of fused-ring (bicyclic) bond motifs is 5. The first-order valence-electron chi connectivity index (χ1n) is 13.8. The molecule has 2 aromatic rings. The number of aromatic carboxylic acids is 1. The Morgan fingerprint density at radius 1 is 1.22 bits per heavy atom. The van der Waals surface area contributed by atoms with Crippen LogP contribution < -0.4 is 9.64 Å². The molecular weight excluding hydrogens is 546 g/mol. The smallest absolute Gasteiger partial charge is 0.348 e. The Kier molecular flexibility index (Phi) is 6.80. The number of carboxylic acids is 1. The van der Waals surface area contributed by atoms with Gasteiger partial charge in [-0.25, -0.2) is 19.9 Å². The molecule has 1 fully saturated rings. The molecule has 1 atom stereocenters. The van der Waals surface area contributed by atoms with E-state index in [-0.39, 0.29) is 35.3 Å². The number of thiophene rings is 1. The highest BCUT2D eigenvalue weighted by Gasteiger charge is 2.42. The number of carboxylic acid groups (broad SMARTS) is 1. The average Bonchev–Trinajstić information content (AvgIpc) is 3.55. The number of nitro groups is 1. The number of amidine groups is 1. The van der Waals surface area contributed by atoms with Gasteiger partial charge in [0.1, 0.15) is 10.6 Å². The molecule has 1 unspecified atom stereocenters. The lowest BCUT2D eigenvalue weighted by atomic mass is 9.82. The molecule has 6 rings (SSSR count). The number of carbonyl (C=O) groups excluding carboxylic acids is 1. The molecule has 1 N–H and O–H groups in total. The zero-order chi connectivity index (χ0) is 29.0. The van der Waals surface area contributed by atoms with Crippen LogP contribution >= 0.6 is 11.3 Å². The summed E-state index contributed by atoms with van der Waals surface area (Å²) in [5.41, 5.74) is 2.55. The first-order valence-corrected chi connectivity index (χ1v) is 14.6. The number of amides is 1. The summed E-state index contributed by atoms with van der Waals surface area (Å²) in [6.45, 7) is 6.19. The summed E-state index contributed by atoms with van der Waals surface area (Å²) >= 11 is 1.13. The van der Waals surface area contributed by atoms with Gasteiger partial charge in [0.25, 0.3) is 0 Å². The van der Waals surface area contributed by atoms with Gasteiger partial charge >= 0.3 is 5.97 Å². The van der Waals surface area contributed by atoms with Crippen LogP contribution in [0, 0.1) is 22.0 Å². The standard InChI is InChI=1S/C29H31N5O6S/c1-16(2)33(28(35)18-8-6-17(3)7-9-18)22-14-24(41-25(22)29(36)37)19-10-11-20-23(13-19)40-15-31-21-5-4-12-32(34(38)39)27(21)30-26(20)31/h4-5,10-14,16-18,26H,6-9,15H2,1-3H3,(H,36,37). The Hall–Kier alpha value is -4.19. The molecule has 4 heterocycles. The molecule has 12 heteroatoms. The highest BCUT2D eigenvalue weighted by atomic mass is 32.1. The Morgan fingerprint density at radius 3 is 2.66 bits per heavy atom. The van der Waals surface area contributed by atoms with Gasteiger partial charge in [0.15, 0.2) is 17.9 Å². The van der Waals surface area contributed by atoms with Gasteiger partial charge in [0.05, 0.1) is 17.6 Å². The summed E-state index contributed by atoms with van der Waals surface area (Å²) in [6.07, 6.45) is 7.90. The lowest BCUT2D eigenvalue weighted by Crippen LogP contribution is -2.42. The SMILES string of the molecule is CC1CCC(C(=O)N(c2cc(-c3ccc4c(c3)OCN3C5=CC=CN([N+](=O)[O-])C5=NC43)sc2C(=O)O)C(C)C)CC1. The Bertz CT molecular complexity index is 1520. The van der Waals surface area contributed by atoms with E-state index in [1.54, 1.807) is 23.1 Å². The third-order valence-corrected chi connectivity index (χ3v) is 9.33. The predicted octanol–water partition coefficient (Wildman–Crippen LogP) is 5.65. The second kappa shape index (κ2) is 10.3. The van der Waals surface area contributed by atoms with Gasteiger partial charge in [-0.15, -0.1) is 11.3 Å². The van der Waals surface area contributed by atoms with Gasteiger partial charge in [-0.2, -0.15) is 0 Å².